The molecule has 1 N–H and O–H groups in total. The lowest BCUT2D eigenvalue weighted by molar-refractivity contribution is -0.128. The van der Waals surface area contributed by atoms with E-state index in [1.54, 1.807) is 6.92 Å². The molecule has 0 bridgehead atoms. The first-order chi connectivity index (χ1) is 6.87. The molecule has 15 heavy (non-hydrogen) atoms. The zero-order valence-corrected chi connectivity index (χ0v) is 10.9. The number of hydrogen-bond acceptors (Lipinski definition) is 2. The molecule has 3 nitrogen and oxygen atoms in total. The SMILES string of the molecule is CCCCN(CCNC(C)(C)C)C(C)=O. The quantitative estimate of drug-likeness (QED) is 0.733. The van der Waals surface area contributed by atoms with E-state index in [-0.39, 0.29) is 11.4 Å². The average molecular weight is 214 g/mol. The fraction of sp³-hybridized carbons (Fsp3) is 0.917. The first-order valence-electron chi connectivity index (χ1n) is 5.87. The van der Waals surface area contributed by atoms with Crippen LogP contribution in [0.2, 0.25) is 0 Å². The van der Waals surface area contributed by atoms with E-state index in [0.29, 0.717) is 0 Å². The molecule has 0 spiro atoms. The lowest BCUT2D eigenvalue weighted by atomic mass is 10.1. The third-order valence-electron chi connectivity index (χ3n) is 2.26. The van der Waals surface area contributed by atoms with Gasteiger partial charge < -0.3 is 10.2 Å². The normalized spacial score (nSPS) is 11.5. The van der Waals surface area contributed by atoms with Crippen LogP contribution in [0.4, 0.5) is 0 Å². The molecule has 0 fully saturated rings. The first-order valence-corrected chi connectivity index (χ1v) is 5.87. The highest BCUT2D eigenvalue weighted by molar-refractivity contribution is 5.73. The predicted octanol–water partition coefficient (Wildman–Crippen LogP) is 2.02. The summed E-state index contributed by atoms with van der Waals surface area (Å²) in [7, 11) is 0. The van der Waals surface area contributed by atoms with Gasteiger partial charge >= 0.3 is 0 Å². The van der Waals surface area contributed by atoms with E-state index in [0.717, 1.165) is 32.5 Å². The van der Waals surface area contributed by atoms with Crippen LogP contribution in [0.25, 0.3) is 0 Å². The van der Waals surface area contributed by atoms with Gasteiger partial charge in [0.1, 0.15) is 0 Å². The van der Waals surface area contributed by atoms with Crippen LogP contribution in [0, 0.1) is 0 Å². The van der Waals surface area contributed by atoms with E-state index < -0.39 is 0 Å². The molecule has 0 aliphatic carbocycles. The summed E-state index contributed by atoms with van der Waals surface area (Å²) in [6, 6.07) is 0. The van der Waals surface area contributed by atoms with Gasteiger partial charge in [-0.1, -0.05) is 13.3 Å². The fourth-order valence-corrected chi connectivity index (χ4v) is 1.34. The summed E-state index contributed by atoms with van der Waals surface area (Å²) in [6.07, 6.45) is 2.23. The largest absolute Gasteiger partial charge is 0.342 e. The van der Waals surface area contributed by atoms with Crippen LogP contribution in [0.15, 0.2) is 0 Å². The summed E-state index contributed by atoms with van der Waals surface area (Å²) in [6.45, 7) is 12.8. The van der Waals surface area contributed by atoms with E-state index in [9.17, 15) is 4.79 Å². The highest BCUT2D eigenvalue weighted by Crippen LogP contribution is 1.99. The zero-order chi connectivity index (χ0) is 11.9. The molecule has 0 saturated carbocycles. The Balaban J connectivity index is 3.81. The highest BCUT2D eigenvalue weighted by Gasteiger charge is 2.11. The van der Waals surface area contributed by atoms with Gasteiger partial charge in [-0.3, -0.25) is 4.79 Å². The molecule has 0 aromatic carbocycles. The van der Waals surface area contributed by atoms with Gasteiger partial charge in [-0.15, -0.1) is 0 Å². The van der Waals surface area contributed by atoms with Crippen molar-refractivity contribution in [2.75, 3.05) is 19.6 Å². The van der Waals surface area contributed by atoms with Gasteiger partial charge in [0.05, 0.1) is 0 Å². The Morgan fingerprint density at radius 3 is 2.27 bits per heavy atom. The van der Waals surface area contributed by atoms with Crippen molar-refractivity contribution in [2.24, 2.45) is 0 Å². The molecular formula is C12H26N2O. The van der Waals surface area contributed by atoms with Crippen LogP contribution >= 0.6 is 0 Å². The van der Waals surface area contributed by atoms with Crippen molar-refractivity contribution >= 4 is 5.91 Å². The van der Waals surface area contributed by atoms with Crippen molar-refractivity contribution < 1.29 is 4.79 Å². The van der Waals surface area contributed by atoms with Gasteiger partial charge in [0, 0.05) is 32.1 Å². The van der Waals surface area contributed by atoms with Crippen LogP contribution in [-0.4, -0.2) is 36.0 Å². The number of amides is 1. The molecule has 0 aliphatic heterocycles. The molecule has 0 aromatic rings. The molecule has 0 atom stereocenters. The molecule has 0 rings (SSSR count). The maximum Gasteiger partial charge on any atom is 0.219 e. The summed E-state index contributed by atoms with van der Waals surface area (Å²) in [4.78, 5) is 13.2. The predicted molar refractivity (Wildman–Crippen MR) is 64.9 cm³/mol. The second-order valence-electron chi connectivity index (χ2n) is 5.04. The van der Waals surface area contributed by atoms with Crippen molar-refractivity contribution in [3.8, 4) is 0 Å². The lowest BCUT2D eigenvalue weighted by Crippen LogP contribution is -2.42. The first kappa shape index (κ1) is 14.4. The number of rotatable bonds is 6. The molecule has 0 radical (unpaired) electrons. The van der Waals surface area contributed by atoms with Crippen molar-refractivity contribution in [1.29, 1.82) is 0 Å². The van der Waals surface area contributed by atoms with Gasteiger partial charge in [0.2, 0.25) is 5.91 Å². The van der Waals surface area contributed by atoms with E-state index in [2.05, 4.69) is 33.0 Å². The van der Waals surface area contributed by atoms with Crippen molar-refractivity contribution in [3.05, 3.63) is 0 Å². The summed E-state index contributed by atoms with van der Waals surface area (Å²) >= 11 is 0. The van der Waals surface area contributed by atoms with Gasteiger partial charge in [-0.2, -0.15) is 0 Å². The number of nitrogens with zero attached hydrogens (tertiary/aromatic N) is 1. The van der Waals surface area contributed by atoms with Crippen molar-refractivity contribution in [1.82, 2.24) is 10.2 Å². The highest BCUT2D eigenvalue weighted by atomic mass is 16.2. The third-order valence-corrected chi connectivity index (χ3v) is 2.26. The van der Waals surface area contributed by atoms with E-state index in [1.165, 1.54) is 0 Å². The van der Waals surface area contributed by atoms with Crippen LogP contribution in [-0.2, 0) is 4.79 Å². The Labute approximate surface area is 94.2 Å². The molecule has 3 heteroatoms. The minimum absolute atomic E-state index is 0.132. The summed E-state index contributed by atoms with van der Waals surface area (Å²) < 4.78 is 0. The smallest absolute Gasteiger partial charge is 0.219 e. The zero-order valence-electron chi connectivity index (χ0n) is 10.9. The van der Waals surface area contributed by atoms with Gasteiger partial charge in [0.15, 0.2) is 0 Å². The maximum absolute atomic E-state index is 11.3. The fourth-order valence-electron chi connectivity index (χ4n) is 1.34. The number of unbranched alkanes of at least 4 members (excludes halogenated alkanes) is 1. The Hall–Kier alpha value is -0.570. The van der Waals surface area contributed by atoms with Gasteiger partial charge in [-0.25, -0.2) is 0 Å². The average Bonchev–Trinajstić information content (AvgIpc) is 2.08. The maximum atomic E-state index is 11.3. The molecule has 0 aromatic heterocycles. The van der Waals surface area contributed by atoms with Crippen molar-refractivity contribution in [3.63, 3.8) is 0 Å². The number of carbonyl (C=O) groups is 1. The molecule has 0 unspecified atom stereocenters. The van der Waals surface area contributed by atoms with Crippen LogP contribution in [0.1, 0.15) is 47.5 Å². The molecular weight excluding hydrogens is 188 g/mol. The number of nitrogens with one attached hydrogen (secondary N) is 1. The standard InChI is InChI=1S/C12H26N2O/c1-6-7-9-14(11(2)15)10-8-13-12(3,4)5/h13H,6-10H2,1-5H3. The topological polar surface area (TPSA) is 32.3 Å². The molecule has 0 saturated heterocycles. The summed E-state index contributed by atoms with van der Waals surface area (Å²) in [5, 5.41) is 3.39. The lowest BCUT2D eigenvalue weighted by Gasteiger charge is -2.25. The molecule has 90 valence electrons. The van der Waals surface area contributed by atoms with Crippen LogP contribution in [0.5, 0.6) is 0 Å². The third kappa shape index (κ3) is 8.43. The minimum Gasteiger partial charge on any atom is -0.342 e. The monoisotopic (exact) mass is 214 g/mol. The molecule has 0 heterocycles. The Morgan fingerprint density at radius 1 is 1.27 bits per heavy atom. The summed E-state index contributed by atoms with van der Waals surface area (Å²) in [5.41, 5.74) is 0.132. The second-order valence-corrected chi connectivity index (χ2v) is 5.04. The molecule has 0 aliphatic rings. The van der Waals surface area contributed by atoms with Gasteiger partial charge in [-0.05, 0) is 27.2 Å². The van der Waals surface area contributed by atoms with Crippen molar-refractivity contribution in [2.45, 2.75) is 53.0 Å². The Morgan fingerprint density at radius 2 is 1.87 bits per heavy atom. The Kier molecular flexibility index (Phi) is 6.57. The van der Waals surface area contributed by atoms with Crippen LogP contribution < -0.4 is 5.32 Å². The Bertz CT molecular complexity index is 185. The summed E-state index contributed by atoms with van der Waals surface area (Å²) in [5.74, 6) is 0.180. The van der Waals surface area contributed by atoms with E-state index >= 15 is 0 Å². The van der Waals surface area contributed by atoms with Crippen LogP contribution in [0.3, 0.4) is 0 Å². The second kappa shape index (κ2) is 6.83. The van der Waals surface area contributed by atoms with E-state index in [4.69, 9.17) is 0 Å². The van der Waals surface area contributed by atoms with Gasteiger partial charge in [0.25, 0.3) is 0 Å². The minimum atomic E-state index is 0.132. The molecule has 1 amide bonds. The van der Waals surface area contributed by atoms with E-state index in [1.807, 2.05) is 4.90 Å². The number of carbonyl (C=O) groups excluding carboxylic acids is 1. The number of hydrogen-bond donors (Lipinski definition) is 1.